The molecule has 0 unspecified atom stereocenters. The first kappa shape index (κ1) is 23.1. The zero-order valence-corrected chi connectivity index (χ0v) is 13.3. The Balaban J connectivity index is -0.0000000300. The number of halogens is 6. The molecule has 0 aromatic rings. The van der Waals surface area contributed by atoms with Crippen molar-refractivity contribution in [1.82, 2.24) is 0 Å². The molecule has 0 saturated heterocycles. The summed E-state index contributed by atoms with van der Waals surface area (Å²) in [5.41, 5.74) is 0. The van der Waals surface area contributed by atoms with Gasteiger partial charge in [-0.2, -0.15) is 0 Å². The van der Waals surface area contributed by atoms with E-state index in [1.165, 1.54) is 0 Å². The van der Waals surface area contributed by atoms with E-state index in [2.05, 4.69) is 0 Å². The Labute approximate surface area is 94.0 Å². The van der Waals surface area contributed by atoms with Gasteiger partial charge in [-0.3, -0.25) is 0 Å². The zero-order chi connectivity index (χ0) is 7.15. The Hall–Kier alpha value is 2.96. The molecule has 10 heavy (non-hydrogen) atoms. The third kappa shape index (κ3) is 124. The zero-order valence-electron chi connectivity index (χ0n) is 3.93. The third-order valence-electron chi connectivity index (χ3n) is 0. The average molecular weight is 633 g/mol. The Morgan fingerprint density at radius 1 is 0.500 bits per heavy atom. The Morgan fingerprint density at radius 2 is 0.500 bits per heavy atom. The quantitative estimate of drug-likeness (QED) is 0.394. The van der Waals surface area contributed by atoms with E-state index in [-0.39, 0.29) is 11.0 Å². The molecule has 0 bridgehead atoms. The van der Waals surface area contributed by atoms with E-state index in [0.717, 1.165) is 0 Å². The van der Waals surface area contributed by atoms with E-state index < -0.39 is 26.9 Å². The van der Waals surface area contributed by atoms with Crippen molar-refractivity contribution in [3.8, 4) is 0 Å². The van der Waals surface area contributed by atoms with Crippen LogP contribution in [0.4, 0.5) is 0 Å². The molecule has 0 aliphatic heterocycles. The summed E-state index contributed by atoms with van der Waals surface area (Å²) in [6.07, 6.45) is 0. The SMILES string of the molecule is O.O.[Cl][Ir]([Cl])[Cl].[Cl][Ir]([Cl])[Cl]. The normalized spacial score (nSPS) is 9.00. The molecule has 0 spiro atoms. The minimum absolute atomic E-state index is 0. The summed E-state index contributed by atoms with van der Waals surface area (Å²) in [5, 5.41) is 0. The van der Waals surface area contributed by atoms with Crippen molar-refractivity contribution in [2.75, 3.05) is 0 Å². The second-order valence-electron chi connectivity index (χ2n) is 0.286. The summed E-state index contributed by atoms with van der Waals surface area (Å²) >= 11 is -3.83. The second-order valence-corrected chi connectivity index (χ2v) is 21.0. The molecule has 0 aliphatic carbocycles. The molecule has 0 heterocycles. The molecule has 0 rings (SSSR count). The summed E-state index contributed by atoms with van der Waals surface area (Å²) in [6, 6.07) is 0. The standard InChI is InChI=1S/6ClH.2Ir.2H2O/h6*1H;;;2*1H2/q;;;;;;2*+3;;/p-6. The van der Waals surface area contributed by atoms with E-state index in [0.29, 0.717) is 0 Å². The van der Waals surface area contributed by atoms with Crippen molar-refractivity contribution in [2.45, 2.75) is 0 Å². The maximum absolute atomic E-state index is 4.97. The fraction of sp³-hybridized carbons (Fsp3) is 0. The number of hydrogen-bond acceptors (Lipinski definition) is 0. The van der Waals surface area contributed by atoms with E-state index in [4.69, 9.17) is 57.5 Å². The van der Waals surface area contributed by atoms with Crippen LogP contribution in [0.2, 0.25) is 0 Å². The summed E-state index contributed by atoms with van der Waals surface area (Å²) in [4.78, 5) is 0. The monoisotopic (exact) mass is 632 g/mol. The van der Waals surface area contributed by atoms with E-state index in [9.17, 15) is 0 Å². The van der Waals surface area contributed by atoms with Crippen molar-refractivity contribution >= 4 is 57.5 Å². The number of rotatable bonds is 0. The van der Waals surface area contributed by atoms with Gasteiger partial charge in [-0.15, -0.1) is 0 Å². The van der Waals surface area contributed by atoms with Gasteiger partial charge in [-0.1, -0.05) is 0 Å². The van der Waals surface area contributed by atoms with Crippen LogP contribution in [0.15, 0.2) is 0 Å². The van der Waals surface area contributed by atoms with Gasteiger partial charge in [0.15, 0.2) is 0 Å². The Bertz CT molecular complexity index is 29.2. The third-order valence-corrected chi connectivity index (χ3v) is 0. The van der Waals surface area contributed by atoms with Crippen LogP contribution in [0.25, 0.3) is 0 Å². The average Bonchev–Trinajstić information content (AvgIpc) is 1.25. The van der Waals surface area contributed by atoms with Crippen molar-refractivity contribution in [3.63, 3.8) is 0 Å². The summed E-state index contributed by atoms with van der Waals surface area (Å²) in [6.45, 7) is 0. The van der Waals surface area contributed by atoms with Crippen molar-refractivity contribution in [2.24, 2.45) is 0 Å². The summed E-state index contributed by atoms with van der Waals surface area (Å²) in [5.74, 6) is 0. The predicted octanol–water partition coefficient (Wildman–Crippen LogP) is 2.48. The fourth-order valence-electron chi connectivity index (χ4n) is 0. The van der Waals surface area contributed by atoms with Crippen LogP contribution < -0.4 is 0 Å². The topological polar surface area (TPSA) is 63.0 Å². The first-order chi connectivity index (χ1) is 3.46. The molecule has 0 aromatic carbocycles. The van der Waals surface area contributed by atoms with Crippen LogP contribution in [0.5, 0.6) is 0 Å². The minimum atomic E-state index is -1.92. The first-order valence-corrected chi connectivity index (χ1v) is 18.6. The number of hydrogen-bond donors (Lipinski definition) is 0. The van der Waals surface area contributed by atoms with E-state index in [1.54, 1.807) is 0 Å². The van der Waals surface area contributed by atoms with Crippen LogP contribution in [0.1, 0.15) is 0 Å². The molecule has 4 N–H and O–H groups in total. The van der Waals surface area contributed by atoms with E-state index >= 15 is 0 Å². The van der Waals surface area contributed by atoms with Crippen molar-refractivity contribution in [1.29, 1.82) is 0 Å². The van der Waals surface area contributed by atoms with Gasteiger partial charge >= 0.3 is 84.4 Å². The molecular weight excluding hydrogens is 629 g/mol. The van der Waals surface area contributed by atoms with Gasteiger partial charge in [-0.05, 0) is 0 Å². The molecular formula is H4Cl6Ir2O2. The molecule has 0 amide bonds. The molecule has 0 aliphatic rings. The van der Waals surface area contributed by atoms with Crippen LogP contribution in [0.3, 0.4) is 0 Å². The van der Waals surface area contributed by atoms with Gasteiger partial charge in [0.25, 0.3) is 0 Å². The second kappa shape index (κ2) is 17.9. The predicted molar refractivity (Wildman–Crippen MR) is 42.3 cm³/mol. The van der Waals surface area contributed by atoms with Crippen molar-refractivity contribution in [3.05, 3.63) is 0 Å². The molecule has 10 heteroatoms. The van der Waals surface area contributed by atoms with Crippen LogP contribution in [-0.4, -0.2) is 11.0 Å². The van der Waals surface area contributed by atoms with Crippen LogP contribution in [0, 0.1) is 0 Å². The molecule has 0 atom stereocenters. The van der Waals surface area contributed by atoms with Gasteiger partial charge < -0.3 is 11.0 Å². The molecule has 0 aromatic heterocycles. The Morgan fingerprint density at radius 3 is 0.500 bits per heavy atom. The molecule has 0 radical (unpaired) electrons. The summed E-state index contributed by atoms with van der Waals surface area (Å²) in [7, 11) is 29.8. The van der Waals surface area contributed by atoms with E-state index in [1.807, 2.05) is 0 Å². The van der Waals surface area contributed by atoms with Gasteiger partial charge in [0.2, 0.25) is 0 Å². The first-order valence-electron chi connectivity index (χ1n) is 0.756. The van der Waals surface area contributed by atoms with Crippen LogP contribution >= 0.6 is 57.5 Å². The van der Waals surface area contributed by atoms with Gasteiger partial charge in [0.1, 0.15) is 0 Å². The van der Waals surface area contributed by atoms with Gasteiger partial charge in [0.05, 0.1) is 0 Å². The van der Waals surface area contributed by atoms with Crippen molar-refractivity contribution < 1.29 is 37.9 Å². The maximum atomic E-state index is 4.97. The fourth-order valence-corrected chi connectivity index (χ4v) is 0. The summed E-state index contributed by atoms with van der Waals surface area (Å²) < 4.78 is 0. The Kier molecular flexibility index (Phi) is 41.3. The molecule has 2 nitrogen and oxygen atoms in total. The molecule has 0 fully saturated rings. The van der Waals surface area contributed by atoms with Gasteiger partial charge in [0, 0.05) is 0 Å². The van der Waals surface area contributed by atoms with Gasteiger partial charge in [-0.25, -0.2) is 0 Å². The molecule has 0 saturated carbocycles. The van der Waals surface area contributed by atoms with Crippen LogP contribution in [-0.2, 0) is 26.9 Å². The molecule has 76 valence electrons.